The Morgan fingerprint density at radius 2 is 1.77 bits per heavy atom. The highest BCUT2D eigenvalue weighted by Crippen LogP contribution is 2.10. The van der Waals surface area contributed by atoms with Crippen LogP contribution in [0.5, 0.6) is 0 Å². The van der Waals surface area contributed by atoms with Crippen LogP contribution in [0.25, 0.3) is 10.9 Å². The molecule has 3 rings (SSSR count). The van der Waals surface area contributed by atoms with Crippen LogP contribution in [0.3, 0.4) is 0 Å². The van der Waals surface area contributed by atoms with E-state index in [9.17, 15) is 14.4 Å². The number of nitrogens with zero attached hydrogens (tertiary/aromatic N) is 2. The van der Waals surface area contributed by atoms with Crippen LogP contribution in [0.1, 0.15) is 35.7 Å². The molecule has 1 N–H and O–H groups in total. The number of carbonyl (C=O) groups excluding carboxylic acids is 1. The van der Waals surface area contributed by atoms with Crippen LogP contribution >= 0.6 is 0 Å². The lowest BCUT2D eigenvalue weighted by Crippen LogP contribution is -2.40. The van der Waals surface area contributed by atoms with E-state index in [2.05, 4.69) is 5.32 Å². The second kappa shape index (κ2) is 10.0. The van der Waals surface area contributed by atoms with Gasteiger partial charge in [0, 0.05) is 32.4 Å². The number of ether oxygens (including phenoxy) is 1. The van der Waals surface area contributed by atoms with Crippen LogP contribution in [0.4, 0.5) is 0 Å². The summed E-state index contributed by atoms with van der Waals surface area (Å²) in [6.07, 6.45) is 1.53. The quantitative estimate of drug-likeness (QED) is 0.550. The lowest BCUT2D eigenvalue weighted by molar-refractivity contribution is 0.0948. The highest BCUT2D eigenvalue weighted by atomic mass is 16.5. The van der Waals surface area contributed by atoms with Gasteiger partial charge in [0.15, 0.2) is 0 Å². The molecule has 7 nitrogen and oxygen atoms in total. The highest BCUT2D eigenvalue weighted by molar-refractivity contribution is 5.94. The van der Waals surface area contributed by atoms with Crippen molar-refractivity contribution < 1.29 is 9.53 Å². The van der Waals surface area contributed by atoms with Gasteiger partial charge in [-0.25, -0.2) is 4.79 Å². The SMILES string of the molecule is CCCn1c(=O)n(Cc2ccc(C(=O)NCCCOC)cc2)c(=O)c2ccccc21. The Morgan fingerprint density at radius 1 is 1.03 bits per heavy atom. The Morgan fingerprint density at radius 3 is 2.47 bits per heavy atom. The summed E-state index contributed by atoms with van der Waals surface area (Å²) >= 11 is 0. The molecule has 7 heteroatoms. The predicted molar refractivity (Wildman–Crippen MR) is 117 cm³/mol. The fourth-order valence-electron chi connectivity index (χ4n) is 3.41. The number of fused-ring (bicyclic) bond motifs is 1. The van der Waals surface area contributed by atoms with E-state index in [0.29, 0.717) is 36.2 Å². The van der Waals surface area contributed by atoms with Crippen molar-refractivity contribution in [2.45, 2.75) is 32.9 Å². The van der Waals surface area contributed by atoms with Gasteiger partial charge in [0.2, 0.25) is 0 Å². The molecule has 0 bridgehead atoms. The Labute approximate surface area is 174 Å². The van der Waals surface area contributed by atoms with Gasteiger partial charge >= 0.3 is 5.69 Å². The van der Waals surface area contributed by atoms with Crippen molar-refractivity contribution in [2.24, 2.45) is 0 Å². The van der Waals surface area contributed by atoms with Gasteiger partial charge < -0.3 is 10.1 Å². The molecule has 0 aliphatic carbocycles. The number of nitrogens with one attached hydrogen (secondary N) is 1. The van der Waals surface area contributed by atoms with Crippen molar-refractivity contribution in [2.75, 3.05) is 20.3 Å². The number of carbonyl (C=O) groups is 1. The molecule has 3 aromatic rings. The molecule has 0 atom stereocenters. The molecule has 1 heterocycles. The van der Waals surface area contributed by atoms with E-state index < -0.39 is 0 Å². The Kier molecular flexibility index (Phi) is 7.19. The smallest absolute Gasteiger partial charge is 0.331 e. The molecule has 0 radical (unpaired) electrons. The summed E-state index contributed by atoms with van der Waals surface area (Å²) in [7, 11) is 1.62. The second-order valence-corrected chi connectivity index (χ2v) is 7.14. The zero-order chi connectivity index (χ0) is 21.5. The van der Waals surface area contributed by atoms with Crippen LogP contribution in [0.2, 0.25) is 0 Å². The summed E-state index contributed by atoms with van der Waals surface area (Å²) in [6, 6.07) is 14.1. The van der Waals surface area contributed by atoms with Crippen molar-refractivity contribution >= 4 is 16.8 Å². The number of hydrogen-bond donors (Lipinski definition) is 1. The largest absolute Gasteiger partial charge is 0.385 e. The van der Waals surface area contributed by atoms with Crippen LogP contribution in [0.15, 0.2) is 58.1 Å². The molecule has 30 heavy (non-hydrogen) atoms. The lowest BCUT2D eigenvalue weighted by atomic mass is 10.1. The van der Waals surface area contributed by atoms with E-state index in [1.165, 1.54) is 4.57 Å². The average Bonchev–Trinajstić information content (AvgIpc) is 2.77. The average molecular weight is 409 g/mol. The number of rotatable bonds is 9. The van der Waals surface area contributed by atoms with Gasteiger partial charge in [-0.3, -0.25) is 18.7 Å². The summed E-state index contributed by atoms with van der Waals surface area (Å²) < 4.78 is 7.88. The first-order valence-electron chi connectivity index (χ1n) is 10.1. The minimum absolute atomic E-state index is 0.155. The van der Waals surface area contributed by atoms with Gasteiger partial charge in [0.05, 0.1) is 17.4 Å². The molecule has 2 aromatic carbocycles. The molecule has 0 spiro atoms. The minimum atomic E-state index is -0.319. The molecule has 0 saturated heterocycles. The summed E-state index contributed by atoms with van der Waals surface area (Å²) in [6.45, 7) is 3.83. The van der Waals surface area contributed by atoms with E-state index in [4.69, 9.17) is 4.74 Å². The standard InChI is InChI=1S/C23H27N3O4/c1-3-14-25-20-8-5-4-7-19(20)22(28)26(23(25)29)16-17-9-11-18(12-10-17)21(27)24-13-6-15-30-2/h4-5,7-12H,3,6,13-16H2,1-2H3,(H,24,27). The van der Waals surface area contributed by atoms with Gasteiger partial charge in [-0.1, -0.05) is 31.2 Å². The van der Waals surface area contributed by atoms with Crippen LogP contribution in [-0.2, 0) is 17.8 Å². The van der Waals surface area contributed by atoms with Crippen molar-refractivity contribution in [3.63, 3.8) is 0 Å². The molecule has 0 saturated carbocycles. The summed E-state index contributed by atoms with van der Waals surface area (Å²) in [5.41, 5.74) is 1.35. The fourth-order valence-corrected chi connectivity index (χ4v) is 3.41. The number of aromatic nitrogens is 2. The lowest BCUT2D eigenvalue weighted by Gasteiger charge is -2.13. The maximum Gasteiger partial charge on any atom is 0.331 e. The number of methoxy groups -OCH3 is 1. The van der Waals surface area contributed by atoms with Gasteiger partial charge in [-0.05, 0) is 42.7 Å². The number of amides is 1. The van der Waals surface area contributed by atoms with Crippen LogP contribution < -0.4 is 16.6 Å². The molecule has 1 aromatic heterocycles. The third-order valence-electron chi connectivity index (χ3n) is 4.95. The number of hydrogen-bond acceptors (Lipinski definition) is 4. The van der Waals surface area contributed by atoms with Gasteiger partial charge in [-0.15, -0.1) is 0 Å². The molecule has 0 aliphatic heterocycles. The topological polar surface area (TPSA) is 82.3 Å². The minimum Gasteiger partial charge on any atom is -0.385 e. The molecule has 1 amide bonds. The zero-order valence-electron chi connectivity index (χ0n) is 17.4. The maximum atomic E-state index is 13.0. The molecule has 0 unspecified atom stereocenters. The van der Waals surface area contributed by atoms with Crippen molar-refractivity contribution in [1.82, 2.24) is 14.5 Å². The summed E-state index contributed by atoms with van der Waals surface area (Å²) in [4.78, 5) is 38.1. The van der Waals surface area contributed by atoms with Crippen LogP contribution in [-0.4, -0.2) is 35.3 Å². The zero-order valence-corrected chi connectivity index (χ0v) is 17.4. The van der Waals surface area contributed by atoms with E-state index in [1.54, 1.807) is 54.1 Å². The van der Waals surface area contributed by atoms with Crippen molar-refractivity contribution in [3.05, 3.63) is 80.5 Å². The molecule has 0 aliphatic rings. The van der Waals surface area contributed by atoms with Crippen molar-refractivity contribution in [1.29, 1.82) is 0 Å². The first kappa shape index (κ1) is 21.5. The van der Waals surface area contributed by atoms with E-state index >= 15 is 0 Å². The van der Waals surface area contributed by atoms with Gasteiger partial charge in [-0.2, -0.15) is 0 Å². The number of aryl methyl sites for hydroxylation is 1. The third kappa shape index (κ3) is 4.68. The Balaban J connectivity index is 1.85. The monoisotopic (exact) mass is 409 g/mol. The Bertz CT molecular complexity index is 1130. The predicted octanol–water partition coefficient (Wildman–Crippen LogP) is 2.39. The normalized spacial score (nSPS) is 11.0. The first-order chi connectivity index (χ1) is 14.6. The van der Waals surface area contributed by atoms with Crippen molar-refractivity contribution in [3.8, 4) is 0 Å². The third-order valence-corrected chi connectivity index (χ3v) is 4.95. The number of benzene rings is 2. The second-order valence-electron chi connectivity index (χ2n) is 7.14. The van der Waals surface area contributed by atoms with E-state index in [1.807, 2.05) is 13.0 Å². The fraction of sp³-hybridized carbons (Fsp3) is 0.348. The van der Waals surface area contributed by atoms with Gasteiger partial charge in [0.25, 0.3) is 11.5 Å². The maximum absolute atomic E-state index is 13.0. The molecular weight excluding hydrogens is 382 g/mol. The molecule has 0 fully saturated rings. The molecule has 158 valence electrons. The van der Waals surface area contributed by atoms with Crippen LogP contribution in [0, 0.1) is 0 Å². The Hall–Kier alpha value is -3.19. The molecular formula is C23H27N3O4. The van der Waals surface area contributed by atoms with E-state index in [-0.39, 0.29) is 23.7 Å². The van der Waals surface area contributed by atoms with Gasteiger partial charge in [0.1, 0.15) is 0 Å². The van der Waals surface area contributed by atoms with E-state index in [0.717, 1.165) is 18.4 Å². The summed E-state index contributed by atoms with van der Waals surface area (Å²) in [5.74, 6) is -0.161. The highest BCUT2D eigenvalue weighted by Gasteiger charge is 2.13. The number of para-hydroxylation sites is 1. The first-order valence-corrected chi connectivity index (χ1v) is 10.1. The summed E-state index contributed by atoms with van der Waals surface area (Å²) in [5, 5.41) is 3.36.